The molecule has 6 heteroatoms. The molecule has 14 rings (SSSR count). The lowest BCUT2D eigenvalue weighted by atomic mass is 9.59. The van der Waals surface area contributed by atoms with Crippen LogP contribution in [0.5, 0.6) is 0 Å². The van der Waals surface area contributed by atoms with Gasteiger partial charge in [-0.15, -0.1) is 22.7 Å². The molecule has 4 heterocycles. The fourth-order valence-corrected chi connectivity index (χ4v) is 14.7. The minimum absolute atomic E-state index is 0.0666. The van der Waals surface area contributed by atoms with Gasteiger partial charge in [0, 0.05) is 70.1 Å². The molecule has 0 spiro atoms. The first kappa shape index (κ1) is 42.4. The van der Waals surface area contributed by atoms with Crippen molar-refractivity contribution in [2.45, 2.75) is 96.8 Å². The molecule has 0 bridgehead atoms. The summed E-state index contributed by atoms with van der Waals surface area (Å²) >= 11 is 3.72. The summed E-state index contributed by atoms with van der Waals surface area (Å²) in [5, 5.41) is 10.3. The van der Waals surface area contributed by atoms with Crippen LogP contribution in [0.25, 0.3) is 90.7 Å². The molecule has 3 aliphatic rings. The van der Waals surface area contributed by atoms with E-state index in [1.165, 1.54) is 126 Å². The van der Waals surface area contributed by atoms with Gasteiger partial charge in [-0.05, 0) is 140 Å². The molecular formula is C64H55BN3S2. The van der Waals surface area contributed by atoms with Gasteiger partial charge >= 0.3 is 0 Å². The van der Waals surface area contributed by atoms with E-state index in [1.54, 1.807) is 11.3 Å². The highest BCUT2D eigenvalue weighted by Gasteiger charge is 2.39. The van der Waals surface area contributed by atoms with Crippen molar-refractivity contribution in [2.24, 2.45) is 0 Å². The largest absolute Gasteiger partial charge is 0.355 e. The van der Waals surface area contributed by atoms with Crippen molar-refractivity contribution in [3.8, 4) is 38.5 Å². The highest BCUT2D eigenvalue weighted by molar-refractivity contribution is 7.26. The van der Waals surface area contributed by atoms with E-state index in [0.717, 1.165) is 27.5 Å². The summed E-state index contributed by atoms with van der Waals surface area (Å²) in [6.45, 7) is 21.4. The Balaban J connectivity index is 1.05. The predicted octanol–water partition coefficient (Wildman–Crippen LogP) is 16.8. The quantitative estimate of drug-likeness (QED) is 0.178. The third-order valence-corrected chi connectivity index (χ3v) is 18.9. The molecule has 3 aromatic heterocycles. The zero-order valence-electron chi connectivity index (χ0n) is 41.5. The van der Waals surface area contributed by atoms with Crippen molar-refractivity contribution in [1.29, 1.82) is 0 Å². The second kappa shape index (κ2) is 14.3. The fraction of sp³-hybridized carbons (Fsp3) is 0.234. The van der Waals surface area contributed by atoms with Crippen LogP contribution >= 0.6 is 22.7 Å². The molecule has 0 saturated heterocycles. The molecule has 8 aromatic carbocycles. The van der Waals surface area contributed by atoms with Gasteiger partial charge in [-0.1, -0.05) is 147 Å². The number of hydrogen-bond acceptors (Lipinski definition) is 4. The summed E-state index contributed by atoms with van der Waals surface area (Å²) < 4.78 is 6.48. The van der Waals surface area contributed by atoms with Crippen LogP contribution in [-0.4, -0.2) is 16.8 Å². The number of rotatable bonds is 4. The highest BCUT2D eigenvalue weighted by Crippen LogP contribution is 2.53. The summed E-state index contributed by atoms with van der Waals surface area (Å²) in [7, 11) is 2.47. The monoisotopic (exact) mass is 940 g/mol. The molecule has 1 aliphatic heterocycles. The summed E-state index contributed by atoms with van der Waals surface area (Å²) in [6.07, 6.45) is 2.39. The maximum atomic E-state index is 5.29. The van der Waals surface area contributed by atoms with E-state index in [2.05, 4.69) is 219 Å². The number of nitrogens with one attached hydrogen (secondary N) is 1. The average molecular weight is 941 g/mol. The van der Waals surface area contributed by atoms with Gasteiger partial charge in [0.15, 0.2) is 7.28 Å². The van der Waals surface area contributed by atoms with Crippen molar-refractivity contribution >= 4 is 104 Å². The number of thiophene rings is 1. The Morgan fingerprint density at radius 1 is 0.571 bits per heavy atom. The summed E-state index contributed by atoms with van der Waals surface area (Å²) in [5.41, 5.74) is 23.0. The molecule has 341 valence electrons. The van der Waals surface area contributed by atoms with Crippen LogP contribution in [0.4, 0.5) is 11.4 Å². The lowest BCUT2D eigenvalue weighted by Crippen LogP contribution is -2.37. The van der Waals surface area contributed by atoms with E-state index in [0.29, 0.717) is 0 Å². The number of fused-ring (bicyclic) bond motifs is 13. The molecule has 0 amide bonds. The van der Waals surface area contributed by atoms with E-state index in [1.807, 2.05) is 11.3 Å². The van der Waals surface area contributed by atoms with Crippen LogP contribution in [-0.2, 0) is 21.7 Å². The normalized spacial score (nSPS) is 16.1. The number of anilines is 2. The van der Waals surface area contributed by atoms with Gasteiger partial charge in [-0.2, -0.15) is 0 Å². The average Bonchev–Trinajstić information content (AvgIpc) is 4.07. The second-order valence-electron chi connectivity index (χ2n) is 23.4. The topological polar surface area (TPSA) is 29.9 Å². The Morgan fingerprint density at radius 3 is 2.04 bits per heavy atom. The van der Waals surface area contributed by atoms with E-state index >= 15 is 0 Å². The first-order chi connectivity index (χ1) is 33.5. The van der Waals surface area contributed by atoms with E-state index < -0.39 is 0 Å². The van der Waals surface area contributed by atoms with Gasteiger partial charge in [0.1, 0.15) is 5.01 Å². The Hall–Kier alpha value is -6.47. The van der Waals surface area contributed by atoms with Crippen LogP contribution in [0.15, 0.2) is 140 Å². The third kappa shape index (κ3) is 6.08. The SMILES string of the molecule is CC(C)(C)c1ccc(Nc2cc3sc4cc5c(cc4c3cc2-c2ccc3c4cc6c(cc4n4c3c2[B]c2cc3nc(-c7ccccc7)sc3cc2-4)C(C)(C)c2ccccc2-6)C(C)(C)CCC5(C)C)cc1. The molecule has 1 N–H and O–H groups in total. The standard InChI is InChI=1S/C64H55BN3S2/c1-61(2,3)36-19-21-37(22-20-36)66-51-33-56-44(45-29-48-49(31-55(45)69-56)63(6,7)26-25-62(48,4)5)28-42(51)39-23-24-40-43-27-41-38-17-13-14-18-46(38)64(8,9)47(41)30-53(43)68-54-34-57-52(32-50(54)65-58(39)59(40)68)67-60(70-57)35-15-11-10-12-16-35/h10-24,27-34,66H,25-26H2,1-9H3. The van der Waals surface area contributed by atoms with Gasteiger partial charge in [-0.3, -0.25) is 0 Å². The Kier molecular flexibility index (Phi) is 8.68. The number of nitrogens with zero attached hydrogens (tertiary/aromatic N) is 2. The first-order valence-electron chi connectivity index (χ1n) is 25.1. The number of aromatic nitrogens is 2. The fourth-order valence-electron chi connectivity index (χ4n) is 12.5. The highest BCUT2D eigenvalue weighted by atomic mass is 32.1. The molecule has 2 aliphatic carbocycles. The molecule has 3 nitrogen and oxygen atoms in total. The van der Waals surface area contributed by atoms with Gasteiger partial charge in [-0.25, -0.2) is 4.98 Å². The van der Waals surface area contributed by atoms with Crippen LogP contribution in [0.2, 0.25) is 0 Å². The maximum absolute atomic E-state index is 5.29. The van der Waals surface area contributed by atoms with Gasteiger partial charge in [0.25, 0.3) is 0 Å². The summed E-state index contributed by atoms with van der Waals surface area (Å²) in [6, 6.07) is 53.4. The van der Waals surface area contributed by atoms with Crippen LogP contribution in [0.3, 0.4) is 0 Å². The molecule has 0 atom stereocenters. The Bertz CT molecular complexity index is 4060. The summed E-state index contributed by atoms with van der Waals surface area (Å²) in [4.78, 5) is 5.29. The maximum Gasteiger partial charge on any atom is 0.198 e. The molecular weight excluding hydrogens is 886 g/mol. The smallest absolute Gasteiger partial charge is 0.198 e. The molecule has 0 unspecified atom stereocenters. The van der Waals surface area contributed by atoms with Gasteiger partial charge < -0.3 is 9.88 Å². The molecule has 70 heavy (non-hydrogen) atoms. The molecule has 0 fully saturated rings. The van der Waals surface area contributed by atoms with Gasteiger partial charge in [0.2, 0.25) is 0 Å². The predicted molar refractivity (Wildman–Crippen MR) is 304 cm³/mol. The minimum atomic E-state index is -0.130. The Labute approximate surface area is 419 Å². The Morgan fingerprint density at radius 2 is 1.27 bits per heavy atom. The molecule has 11 aromatic rings. The second-order valence-corrected chi connectivity index (χ2v) is 25.5. The van der Waals surface area contributed by atoms with Crippen molar-refractivity contribution < 1.29 is 0 Å². The van der Waals surface area contributed by atoms with E-state index in [9.17, 15) is 0 Å². The molecule has 0 saturated carbocycles. The minimum Gasteiger partial charge on any atom is -0.355 e. The molecule has 1 radical (unpaired) electrons. The van der Waals surface area contributed by atoms with Crippen LogP contribution in [0, 0.1) is 0 Å². The van der Waals surface area contributed by atoms with Crippen LogP contribution < -0.4 is 16.2 Å². The van der Waals surface area contributed by atoms with Crippen molar-refractivity contribution in [3.63, 3.8) is 0 Å². The van der Waals surface area contributed by atoms with Crippen molar-refractivity contribution in [1.82, 2.24) is 9.55 Å². The van der Waals surface area contributed by atoms with Crippen molar-refractivity contribution in [2.75, 3.05) is 5.32 Å². The number of hydrogen-bond donors (Lipinski definition) is 1. The summed E-state index contributed by atoms with van der Waals surface area (Å²) in [5.74, 6) is 0. The lowest BCUT2D eigenvalue weighted by molar-refractivity contribution is 0.332. The number of benzene rings is 8. The van der Waals surface area contributed by atoms with E-state index in [-0.39, 0.29) is 21.7 Å². The van der Waals surface area contributed by atoms with Crippen LogP contribution in [0.1, 0.15) is 103 Å². The van der Waals surface area contributed by atoms with E-state index in [4.69, 9.17) is 4.98 Å². The first-order valence-corrected chi connectivity index (χ1v) is 26.7. The zero-order chi connectivity index (χ0) is 47.8. The zero-order valence-corrected chi connectivity index (χ0v) is 43.1. The third-order valence-electron chi connectivity index (χ3n) is 16.7. The van der Waals surface area contributed by atoms with Crippen molar-refractivity contribution in [3.05, 3.63) is 167 Å². The lowest BCUT2D eigenvalue weighted by Gasteiger charge is -2.41. The van der Waals surface area contributed by atoms with Gasteiger partial charge in [0.05, 0.1) is 15.7 Å². The number of thiazole rings is 1.